The third kappa shape index (κ3) is 2.40. The highest BCUT2D eigenvalue weighted by Gasteiger charge is 2.56. The van der Waals surface area contributed by atoms with E-state index in [4.69, 9.17) is 5.26 Å². The molecular weight excluding hydrogens is 204 g/mol. The summed E-state index contributed by atoms with van der Waals surface area (Å²) in [5, 5.41) is 8.77. The van der Waals surface area contributed by atoms with E-state index in [0.29, 0.717) is 6.42 Å². The van der Waals surface area contributed by atoms with E-state index in [0.717, 1.165) is 6.42 Å². The zero-order valence-corrected chi connectivity index (χ0v) is 11.7. The van der Waals surface area contributed by atoms with Gasteiger partial charge in [-0.2, -0.15) is 5.26 Å². The second-order valence-electron chi connectivity index (χ2n) is 6.53. The summed E-state index contributed by atoms with van der Waals surface area (Å²) in [4.78, 5) is 16.1. The van der Waals surface area contributed by atoms with Crippen molar-refractivity contribution in [3.8, 4) is 0 Å². The Hall–Kier alpha value is -0.570. The summed E-state index contributed by atoms with van der Waals surface area (Å²) in [5.41, 5.74) is -1.20. The van der Waals surface area contributed by atoms with Crippen molar-refractivity contribution in [2.24, 2.45) is 16.2 Å². The van der Waals surface area contributed by atoms with Crippen molar-refractivity contribution in [3.05, 3.63) is 0 Å². The van der Waals surface area contributed by atoms with Crippen LogP contribution in [0, 0.1) is 16.2 Å². The van der Waals surface area contributed by atoms with Gasteiger partial charge in [-0.15, -0.1) is 0 Å². The molecule has 1 N–H and O–H groups in total. The van der Waals surface area contributed by atoms with E-state index in [9.17, 15) is 4.79 Å². The van der Waals surface area contributed by atoms with Gasteiger partial charge in [0, 0.05) is 0 Å². The summed E-state index contributed by atoms with van der Waals surface area (Å²) < 4.78 is 0. The Kier molecular flexibility index (Phi) is 4.57. The molecule has 0 amide bonds. The fraction of sp³-hybridized carbons (Fsp3) is 0.923. The van der Waals surface area contributed by atoms with Crippen molar-refractivity contribution in [1.82, 2.24) is 0 Å². The molecular formula is C13H26O3. The summed E-state index contributed by atoms with van der Waals surface area (Å²) >= 11 is 0. The van der Waals surface area contributed by atoms with Gasteiger partial charge in [0.15, 0.2) is 0 Å². The quantitative estimate of drug-likeness (QED) is 0.591. The first-order valence-electron chi connectivity index (χ1n) is 5.90. The summed E-state index contributed by atoms with van der Waals surface area (Å²) in [5.74, 6) is -0.519. The van der Waals surface area contributed by atoms with Crippen LogP contribution in [0.15, 0.2) is 0 Å². The van der Waals surface area contributed by atoms with E-state index in [1.54, 1.807) is 0 Å². The van der Waals surface area contributed by atoms with Crippen LogP contribution in [0.25, 0.3) is 0 Å². The predicted octanol–water partition coefficient (Wildman–Crippen LogP) is 3.88. The molecule has 0 saturated heterocycles. The smallest absolute Gasteiger partial charge is 0.300 e. The lowest BCUT2D eigenvalue weighted by molar-refractivity contribution is -0.259. The first-order chi connectivity index (χ1) is 7.04. The lowest BCUT2D eigenvalue weighted by atomic mass is 9.52. The highest BCUT2D eigenvalue weighted by Crippen LogP contribution is 2.55. The van der Waals surface area contributed by atoms with Crippen molar-refractivity contribution in [2.45, 2.75) is 61.3 Å². The molecule has 0 saturated carbocycles. The van der Waals surface area contributed by atoms with Crippen LogP contribution in [0.5, 0.6) is 0 Å². The van der Waals surface area contributed by atoms with Crippen LogP contribution >= 0.6 is 0 Å². The minimum Gasteiger partial charge on any atom is -0.300 e. The van der Waals surface area contributed by atoms with Crippen LogP contribution in [0.1, 0.15) is 61.3 Å². The Bertz CT molecular complexity index is 229. The predicted molar refractivity (Wildman–Crippen MR) is 65.0 cm³/mol. The molecule has 0 radical (unpaired) electrons. The third-order valence-corrected chi connectivity index (χ3v) is 3.62. The van der Waals surface area contributed by atoms with Crippen molar-refractivity contribution in [1.29, 1.82) is 0 Å². The van der Waals surface area contributed by atoms with Gasteiger partial charge < -0.3 is 4.89 Å². The molecule has 96 valence electrons. The zero-order valence-electron chi connectivity index (χ0n) is 11.7. The van der Waals surface area contributed by atoms with Crippen molar-refractivity contribution in [3.63, 3.8) is 0 Å². The topological polar surface area (TPSA) is 46.5 Å². The molecule has 0 aromatic heterocycles. The molecule has 0 spiro atoms. The molecule has 0 rings (SSSR count). The van der Waals surface area contributed by atoms with Gasteiger partial charge in [0.2, 0.25) is 0 Å². The third-order valence-electron chi connectivity index (χ3n) is 3.62. The molecule has 0 bridgehead atoms. The molecule has 0 heterocycles. The van der Waals surface area contributed by atoms with Crippen molar-refractivity contribution < 1.29 is 14.9 Å². The van der Waals surface area contributed by atoms with Gasteiger partial charge in [-0.3, -0.25) is 0 Å². The lowest BCUT2D eigenvalue weighted by Crippen LogP contribution is -2.52. The van der Waals surface area contributed by atoms with Crippen LogP contribution in [-0.4, -0.2) is 11.2 Å². The van der Waals surface area contributed by atoms with Crippen molar-refractivity contribution in [2.75, 3.05) is 0 Å². The monoisotopic (exact) mass is 230 g/mol. The summed E-state index contributed by atoms with van der Waals surface area (Å²) in [7, 11) is 0. The first-order valence-corrected chi connectivity index (χ1v) is 5.90. The summed E-state index contributed by atoms with van der Waals surface area (Å²) in [6.07, 6.45) is 1.59. The molecule has 0 aliphatic carbocycles. The largest absolute Gasteiger partial charge is 0.349 e. The van der Waals surface area contributed by atoms with E-state index in [1.807, 2.05) is 48.5 Å². The van der Waals surface area contributed by atoms with E-state index in [2.05, 4.69) is 4.89 Å². The maximum Gasteiger partial charge on any atom is 0.349 e. The Morgan fingerprint density at radius 2 is 1.44 bits per heavy atom. The average Bonchev–Trinajstić information content (AvgIpc) is 2.08. The summed E-state index contributed by atoms with van der Waals surface area (Å²) in [6, 6.07) is 0. The van der Waals surface area contributed by atoms with Gasteiger partial charge in [0.1, 0.15) is 0 Å². The molecule has 0 aromatic rings. The maximum absolute atomic E-state index is 12.0. The minimum atomic E-state index is -0.677. The molecule has 0 atom stereocenters. The lowest BCUT2D eigenvalue weighted by Gasteiger charge is -2.50. The highest BCUT2D eigenvalue weighted by atomic mass is 17.1. The SMILES string of the molecule is CCCC(C(=O)OO)(C(C)(C)C)C(C)(C)C. The fourth-order valence-electron chi connectivity index (χ4n) is 3.04. The second kappa shape index (κ2) is 4.74. The normalized spacial score (nSPS) is 13.8. The van der Waals surface area contributed by atoms with E-state index in [-0.39, 0.29) is 10.8 Å². The number of hydrogen-bond donors (Lipinski definition) is 1. The average molecular weight is 230 g/mol. The minimum absolute atomic E-state index is 0.263. The highest BCUT2D eigenvalue weighted by molar-refractivity contribution is 5.78. The van der Waals surface area contributed by atoms with Crippen LogP contribution in [0.4, 0.5) is 0 Å². The van der Waals surface area contributed by atoms with Gasteiger partial charge in [-0.1, -0.05) is 54.9 Å². The maximum atomic E-state index is 12.0. The van der Waals surface area contributed by atoms with Crippen molar-refractivity contribution >= 4 is 5.97 Å². The summed E-state index contributed by atoms with van der Waals surface area (Å²) in [6.45, 7) is 14.2. The van der Waals surface area contributed by atoms with Crippen LogP contribution in [-0.2, 0) is 9.68 Å². The number of carbonyl (C=O) groups excluding carboxylic acids is 1. The Labute approximate surface area is 99.1 Å². The number of hydrogen-bond acceptors (Lipinski definition) is 3. The Morgan fingerprint density at radius 1 is 1.06 bits per heavy atom. The first kappa shape index (κ1) is 15.4. The van der Waals surface area contributed by atoms with Gasteiger partial charge in [-0.25, -0.2) is 4.79 Å². The van der Waals surface area contributed by atoms with E-state index >= 15 is 0 Å². The van der Waals surface area contributed by atoms with Crippen LogP contribution in [0.2, 0.25) is 0 Å². The standard InChI is InChI=1S/C13H26O3/c1-8-9-13(10(14)16-15,11(2,3)4)12(5,6)7/h15H,8-9H2,1-7H3. The number of rotatable bonds is 3. The molecule has 0 aromatic carbocycles. The molecule has 3 nitrogen and oxygen atoms in total. The fourth-order valence-corrected chi connectivity index (χ4v) is 3.04. The second-order valence-corrected chi connectivity index (χ2v) is 6.53. The van der Waals surface area contributed by atoms with Gasteiger partial charge >= 0.3 is 5.97 Å². The molecule has 3 heteroatoms. The van der Waals surface area contributed by atoms with Crippen LogP contribution in [0.3, 0.4) is 0 Å². The van der Waals surface area contributed by atoms with Crippen LogP contribution < -0.4 is 0 Å². The van der Waals surface area contributed by atoms with Gasteiger partial charge in [0.25, 0.3) is 0 Å². The van der Waals surface area contributed by atoms with E-state index < -0.39 is 11.4 Å². The molecule has 16 heavy (non-hydrogen) atoms. The van der Waals surface area contributed by atoms with Gasteiger partial charge in [0.05, 0.1) is 5.41 Å². The molecule has 0 aliphatic heterocycles. The Morgan fingerprint density at radius 3 is 1.62 bits per heavy atom. The Balaban J connectivity index is 5.70. The molecule has 0 fully saturated rings. The molecule has 0 unspecified atom stereocenters. The zero-order chi connectivity index (χ0) is 13.2. The molecule has 0 aliphatic rings. The van der Waals surface area contributed by atoms with Gasteiger partial charge in [-0.05, 0) is 17.3 Å². The van der Waals surface area contributed by atoms with E-state index in [1.165, 1.54) is 0 Å². The number of carbonyl (C=O) groups is 1.